The van der Waals surface area contributed by atoms with Gasteiger partial charge in [-0.25, -0.2) is 4.90 Å². The normalized spacial score (nSPS) is 27.1. The highest BCUT2D eigenvalue weighted by atomic mass is 16.5. The molecule has 2 saturated heterocycles. The lowest BCUT2D eigenvalue weighted by molar-refractivity contribution is -0.147. The molecule has 3 rings (SSSR count). The number of hydrogen-bond donors (Lipinski definition) is 1. The summed E-state index contributed by atoms with van der Waals surface area (Å²) < 4.78 is 6.86. The van der Waals surface area contributed by atoms with E-state index in [1.165, 1.54) is 9.58 Å². The Kier molecular flexibility index (Phi) is 2.46. The third-order valence-corrected chi connectivity index (χ3v) is 3.42. The minimum absolute atomic E-state index is 0.233. The van der Waals surface area contributed by atoms with Gasteiger partial charge in [-0.3, -0.25) is 14.3 Å². The van der Waals surface area contributed by atoms with Crippen LogP contribution in [-0.2, 0) is 27.9 Å². The molecule has 2 amide bonds. The molecule has 2 bridgehead atoms. The number of rotatable bonds is 2. The molecule has 2 unspecified atom stereocenters. The van der Waals surface area contributed by atoms with E-state index in [0.29, 0.717) is 24.2 Å². The summed E-state index contributed by atoms with van der Waals surface area (Å²) in [5.74, 6) is -0.160. The first kappa shape index (κ1) is 11.4. The molecule has 2 fully saturated rings. The maximum Gasteiger partial charge on any atom is 0.264 e. The fourth-order valence-electron chi connectivity index (χ4n) is 2.51. The summed E-state index contributed by atoms with van der Waals surface area (Å²) in [6.07, 6.45) is 1.76. The molecule has 2 aliphatic heterocycles. The average Bonchev–Trinajstić information content (AvgIpc) is 2.94. The molecule has 3 heterocycles. The number of hydrogen-bond acceptors (Lipinski definition) is 5. The monoisotopic (exact) mass is 250 g/mol. The van der Waals surface area contributed by atoms with Crippen molar-refractivity contribution in [3.8, 4) is 0 Å². The van der Waals surface area contributed by atoms with Gasteiger partial charge < -0.3 is 10.5 Å². The lowest BCUT2D eigenvalue weighted by atomic mass is 10.2. The van der Waals surface area contributed by atoms with E-state index < -0.39 is 12.2 Å². The number of aromatic nitrogens is 2. The zero-order valence-corrected chi connectivity index (χ0v) is 10.00. The van der Waals surface area contributed by atoms with E-state index in [4.69, 9.17) is 10.5 Å². The number of morpholine rings is 1. The van der Waals surface area contributed by atoms with E-state index in [1.807, 2.05) is 0 Å². The first-order valence-corrected chi connectivity index (χ1v) is 5.87. The molecule has 0 saturated carbocycles. The number of imide groups is 1. The second-order valence-electron chi connectivity index (χ2n) is 4.52. The van der Waals surface area contributed by atoms with E-state index >= 15 is 0 Å². The second kappa shape index (κ2) is 3.89. The van der Waals surface area contributed by atoms with Crippen LogP contribution in [0.2, 0.25) is 0 Å². The number of carbonyl (C=O) groups is 2. The van der Waals surface area contributed by atoms with E-state index in [-0.39, 0.29) is 18.4 Å². The highest BCUT2D eigenvalue weighted by molar-refractivity contribution is 6.19. The highest BCUT2D eigenvalue weighted by Crippen LogP contribution is 2.32. The number of nitrogens with two attached hydrogens (primary N) is 1. The molecule has 1 aromatic rings. The summed E-state index contributed by atoms with van der Waals surface area (Å²) in [5.41, 5.74) is 6.29. The van der Waals surface area contributed by atoms with Gasteiger partial charge in [-0.2, -0.15) is 5.10 Å². The Morgan fingerprint density at radius 2 is 2.00 bits per heavy atom. The van der Waals surface area contributed by atoms with Crippen LogP contribution in [0, 0.1) is 0 Å². The zero-order valence-electron chi connectivity index (χ0n) is 10.00. The van der Waals surface area contributed by atoms with Crippen molar-refractivity contribution in [1.82, 2.24) is 9.78 Å². The van der Waals surface area contributed by atoms with Crippen molar-refractivity contribution in [3.63, 3.8) is 0 Å². The highest BCUT2D eigenvalue weighted by Gasteiger charge is 2.48. The largest absolute Gasteiger partial charge is 0.355 e. The molecule has 0 aromatic carbocycles. The molecular formula is C11H14N4O3. The number of ether oxygens (including phenoxy) is 1. The number of amides is 2. The van der Waals surface area contributed by atoms with Crippen LogP contribution in [0.4, 0.5) is 5.82 Å². The number of carbonyl (C=O) groups excluding carboxylic acids is 2. The van der Waals surface area contributed by atoms with E-state index in [2.05, 4.69) is 5.10 Å². The first-order chi connectivity index (χ1) is 8.63. The average molecular weight is 250 g/mol. The molecular weight excluding hydrogens is 236 g/mol. The topological polar surface area (TPSA) is 90.5 Å². The Bertz CT molecular complexity index is 502. The van der Waals surface area contributed by atoms with Crippen LogP contribution in [-0.4, -0.2) is 33.8 Å². The van der Waals surface area contributed by atoms with Crippen molar-refractivity contribution in [3.05, 3.63) is 11.8 Å². The quantitative estimate of drug-likeness (QED) is 0.701. The van der Waals surface area contributed by atoms with Crippen molar-refractivity contribution < 1.29 is 14.3 Å². The van der Waals surface area contributed by atoms with Crippen molar-refractivity contribution in [2.75, 3.05) is 4.90 Å². The van der Waals surface area contributed by atoms with Crippen molar-refractivity contribution in [1.29, 1.82) is 0 Å². The molecule has 7 heteroatoms. The summed E-state index contributed by atoms with van der Waals surface area (Å²) in [4.78, 5) is 25.6. The van der Waals surface area contributed by atoms with Gasteiger partial charge in [-0.1, -0.05) is 0 Å². The van der Waals surface area contributed by atoms with Crippen molar-refractivity contribution in [2.24, 2.45) is 12.8 Å². The molecule has 96 valence electrons. The summed E-state index contributed by atoms with van der Waals surface area (Å²) in [6, 6.07) is 0. The number of anilines is 1. The molecule has 0 radical (unpaired) electrons. The van der Waals surface area contributed by atoms with E-state index in [9.17, 15) is 9.59 Å². The van der Waals surface area contributed by atoms with Gasteiger partial charge in [0.2, 0.25) is 0 Å². The minimum Gasteiger partial charge on any atom is -0.355 e. The smallest absolute Gasteiger partial charge is 0.264 e. The molecule has 0 spiro atoms. The molecule has 1 aromatic heterocycles. The van der Waals surface area contributed by atoms with Crippen LogP contribution < -0.4 is 10.6 Å². The van der Waals surface area contributed by atoms with Crippen LogP contribution in [0.3, 0.4) is 0 Å². The van der Waals surface area contributed by atoms with Gasteiger partial charge in [0.25, 0.3) is 11.8 Å². The number of fused-ring (bicyclic) bond motifs is 2. The Labute approximate surface area is 103 Å². The second-order valence-corrected chi connectivity index (χ2v) is 4.52. The fraction of sp³-hybridized carbons (Fsp3) is 0.545. The maximum atomic E-state index is 12.2. The number of aryl methyl sites for hydroxylation is 1. The standard InChI is InChI=1S/C11H14N4O3/c1-14-9(6(4-12)5-13-14)15-10(16)7-2-3-8(18-7)11(15)17/h5,7-8H,2-4,12H2,1H3. The van der Waals surface area contributed by atoms with E-state index in [1.54, 1.807) is 13.2 Å². The molecule has 2 atom stereocenters. The van der Waals surface area contributed by atoms with Gasteiger partial charge in [0.15, 0.2) is 0 Å². The van der Waals surface area contributed by atoms with Crippen LogP contribution >= 0.6 is 0 Å². The summed E-state index contributed by atoms with van der Waals surface area (Å²) in [7, 11) is 1.69. The van der Waals surface area contributed by atoms with Crippen LogP contribution in [0.25, 0.3) is 0 Å². The summed E-state index contributed by atoms with van der Waals surface area (Å²) in [5, 5.41) is 4.05. The van der Waals surface area contributed by atoms with Gasteiger partial charge in [0, 0.05) is 19.2 Å². The van der Waals surface area contributed by atoms with Crippen molar-refractivity contribution >= 4 is 17.6 Å². The van der Waals surface area contributed by atoms with Crippen LogP contribution in [0.5, 0.6) is 0 Å². The fourth-order valence-corrected chi connectivity index (χ4v) is 2.51. The number of nitrogens with zero attached hydrogens (tertiary/aromatic N) is 3. The van der Waals surface area contributed by atoms with Gasteiger partial charge in [-0.15, -0.1) is 0 Å². The van der Waals surface area contributed by atoms with Gasteiger partial charge in [0.05, 0.1) is 6.20 Å². The molecule has 18 heavy (non-hydrogen) atoms. The Morgan fingerprint density at radius 3 is 2.56 bits per heavy atom. The van der Waals surface area contributed by atoms with Gasteiger partial charge >= 0.3 is 0 Å². The molecule has 7 nitrogen and oxygen atoms in total. The lowest BCUT2D eigenvalue weighted by Crippen LogP contribution is -2.53. The van der Waals surface area contributed by atoms with E-state index in [0.717, 1.165) is 0 Å². The van der Waals surface area contributed by atoms with Crippen LogP contribution in [0.15, 0.2) is 6.20 Å². The van der Waals surface area contributed by atoms with Crippen LogP contribution in [0.1, 0.15) is 18.4 Å². The predicted octanol–water partition coefficient (Wildman–Crippen LogP) is -0.700. The van der Waals surface area contributed by atoms with Gasteiger partial charge in [-0.05, 0) is 12.8 Å². The molecule has 2 N–H and O–H groups in total. The summed E-state index contributed by atoms with van der Waals surface area (Å²) in [6.45, 7) is 0.233. The summed E-state index contributed by atoms with van der Waals surface area (Å²) >= 11 is 0. The molecule has 2 aliphatic rings. The minimum atomic E-state index is -0.506. The zero-order chi connectivity index (χ0) is 12.9. The first-order valence-electron chi connectivity index (χ1n) is 5.87. The predicted molar refractivity (Wildman–Crippen MR) is 61.5 cm³/mol. The van der Waals surface area contributed by atoms with Crippen molar-refractivity contribution in [2.45, 2.75) is 31.6 Å². The Balaban J connectivity index is 2.07. The third kappa shape index (κ3) is 1.41. The lowest BCUT2D eigenvalue weighted by Gasteiger charge is -2.30. The maximum absolute atomic E-state index is 12.2. The molecule has 0 aliphatic carbocycles. The Hall–Kier alpha value is -1.73. The SMILES string of the molecule is Cn1ncc(CN)c1N1C(=O)C2CCC(O2)C1=O. The third-order valence-electron chi connectivity index (χ3n) is 3.42. The van der Waals surface area contributed by atoms with Gasteiger partial charge in [0.1, 0.15) is 18.0 Å². The Morgan fingerprint density at radius 1 is 1.39 bits per heavy atom.